The van der Waals surface area contributed by atoms with Gasteiger partial charge in [-0.1, -0.05) is 12.1 Å². The minimum atomic E-state index is -4.31. The number of benzene rings is 1. The molecule has 0 saturated carbocycles. The van der Waals surface area contributed by atoms with E-state index in [9.17, 15) is 18.0 Å². The lowest BCUT2D eigenvalue weighted by atomic mass is 10.1. The Labute approximate surface area is 90.2 Å². The molecule has 0 radical (unpaired) electrons. The number of rotatable bonds is 5. The highest BCUT2D eigenvalue weighted by atomic mass is 19.4. The SMILES string of the molecule is O=CONCCc1ccc(C(F)(F)F)cc1. The van der Waals surface area contributed by atoms with Gasteiger partial charge in [0.05, 0.1) is 5.56 Å². The van der Waals surface area contributed by atoms with Gasteiger partial charge in [0.2, 0.25) is 0 Å². The second-order valence-corrected chi connectivity index (χ2v) is 3.05. The smallest absolute Gasteiger partial charge is 0.374 e. The number of carbonyl (C=O) groups is 1. The first-order valence-corrected chi connectivity index (χ1v) is 4.52. The van der Waals surface area contributed by atoms with Gasteiger partial charge < -0.3 is 4.84 Å². The Morgan fingerprint density at radius 3 is 2.38 bits per heavy atom. The van der Waals surface area contributed by atoms with Gasteiger partial charge in [0.15, 0.2) is 0 Å². The molecule has 3 nitrogen and oxygen atoms in total. The molecule has 0 atom stereocenters. The van der Waals surface area contributed by atoms with Gasteiger partial charge in [-0.25, -0.2) is 0 Å². The summed E-state index contributed by atoms with van der Waals surface area (Å²) >= 11 is 0. The van der Waals surface area contributed by atoms with Crippen molar-refractivity contribution in [2.24, 2.45) is 0 Å². The molecule has 0 amide bonds. The van der Waals surface area contributed by atoms with E-state index in [2.05, 4.69) is 10.3 Å². The lowest BCUT2D eigenvalue weighted by molar-refractivity contribution is -0.137. The third-order valence-corrected chi connectivity index (χ3v) is 1.93. The van der Waals surface area contributed by atoms with Crippen LogP contribution < -0.4 is 5.48 Å². The van der Waals surface area contributed by atoms with E-state index in [1.165, 1.54) is 12.1 Å². The highest BCUT2D eigenvalue weighted by Gasteiger charge is 2.29. The maximum atomic E-state index is 12.2. The van der Waals surface area contributed by atoms with Crippen LogP contribution in [0.4, 0.5) is 13.2 Å². The molecule has 0 saturated heterocycles. The maximum Gasteiger partial charge on any atom is 0.416 e. The zero-order valence-corrected chi connectivity index (χ0v) is 8.25. The highest BCUT2D eigenvalue weighted by Crippen LogP contribution is 2.29. The van der Waals surface area contributed by atoms with Gasteiger partial charge in [0.25, 0.3) is 0 Å². The molecule has 88 valence electrons. The minimum absolute atomic E-state index is 0.243. The number of halogens is 3. The monoisotopic (exact) mass is 233 g/mol. The largest absolute Gasteiger partial charge is 0.416 e. The fourth-order valence-electron chi connectivity index (χ4n) is 1.15. The summed E-state index contributed by atoms with van der Waals surface area (Å²) < 4.78 is 36.6. The zero-order valence-electron chi connectivity index (χ0n) is 8.25. The van der Waals surface area contributed by atoms with Crippen LogP contribution in [-0.2, 0) is 22.2 Å². The van der Waals surface area contributed by atoms with Gasteiger partial charge in [-0.05, 0) is 24.1 Å². The Kier molecular flexibility index (Phi) is 4.30. The van der Waals surface area contributed by atoms with Gasteiger partial charge in [-0.3, -0.25) is 4.79 Å². The Morgan fingerprint density at radius 1 is 1.25 bits per heavy atom. The number of hydroxylamine groups is 1. The molecule has 16 heavy (non-hydrogen) atoms. The topological polar surface area (TPSA) is 38.3 Å². The van der Waals surface area contributed by atoms with E-state index in [-0.39, 0.29) is 6.47 Å². The third-order valence-electron chi connectivity index (χ3n) is 1.93. The molecule has 1 rings (SSSR count). The molecular weight excluding hydrogens is 223 g/mol. The second kappa shape index (κ2) is 5.50. The van der Waals surface area contributed by atoms with Gasteiger partial charge in [-0.2, -0.15) is 18.7 Å². The molecule has 1 N–H and O–H groups in total. The summed E-state index contributed by atoms with van der Waals surface area (Å²) in [5.41, 5.74) is 2.40. The van der Waals surface area contributed by atoms with Crippen molar-refractivity contribution in [2.45, 2.75) is 12.6 Å². The number of carbonyl (C=O) groups excluding carboxylic acids is 1. The van der Waals surface area contributed by atoms with Crippen molar-refractivity contribution in [1.82, 2.24) is 5.48 Å². The summed E-state index contributed by atoms with van der Waals surface area (Å²) in [5.74, 6) is 0. The van der Waals surface area contributed by atoms with Gasteiger partial charge in [-0.15, -0.1) is 0 Å². The van der Waals surface area contributed by atoms with Crippen LogP contribution in [0.25, 0.3) is 0 Å². The lowest BCUT2D eigenvalue weighted by Crippen LogP contribution is -2.16. The first kappa shape index (κ1) is 12.5. The molecule has 0 aliphatic carbocycles. The van der Waals surface area contributed by atoms with Crippen LogP contribution in [0.3, 0.4) is 0 Å². The lowest BCUT2D eigenvalue weighted by Gasteiger charge is -2.07. The Morgan fingerprint density at radius 2 is 1.88 bits per heavy atom. The van der Waals surface area contributed by atoms with E-state index >= 15 is 0 Å². The molecule has 0 unspecified atom stereocenters. The zero-order chi connectivity index (χ0) is 12.0. The fourth-order valence-corrected chi connectivity index (χ4v) is 1.15. The molecule has 0 aromatic heterocycles. The standard InChI is InChI=1S/C10H10F3NO2/c11-10(12,13)9-3-1-8(2-4-9)5-6-14-16-7-15/h1-4,7,14H,5-6H2. The first-order chi connectivity index (χ1) is 7.54. The van der Waals surface area contributed by atoms with Crippen LogP contribution in [0.2, 0.25) is 0 Å². The van der Waals surface area contributed by atoms with E-state index in [0.29, 0.717) is 13.0 Å². The van der Waals surface area contributed by atoms with Crippen LogP contribution in [-0.4, -0.2) is 13.0 Å². The van der Waals surface area contributed by atoms with E-state index in [4.69, 9.17) is 0 Å². The summed E-state index contributed by atoms with van der Waals surface area (Å²) in [6.07, 6.45) is -3.83. The Hall–Kier alpha value is -1.56. The third kappa shape index (κ3) is 3.90. The van der Waals surface area contributed by atoms with Crippen molar-refractivity contribution < 1.29 is 22.8 Å². The first-order valence-electron chi connectivity index (χ1n) is 4.52. The second-order valence-electron chi connectivity index (χ2n) is 3.05. The summed E-state index contributed by atoms with van der Waals surface area (Å²) in [6.45, 7) is 0.594. The van der Waals surface area contributed by atoms with Gasteiger partial charge >= 0.3 is 12.6 Å². The molecule has 0 bridgehead atoms. The van der Waals surface area contributed by atoms with Crippen LogP contribution in [0.5, 0.6) is 0 Å². The van der Waals surface area contributed by atoms with Crippen LogP contribution >= 0.6 is 0 Å². The summed E-state index contributed by atoms with van der Waals surface area (Å²) in [5, 5.41) is 0. The predicted molar refractivity (Wildman–Crippen MR) is 50.3 cm³/mol. The molecule has 0 aliphatic rings. The number of nitrogens with one attached hydrogen (secondary N) is 1. The Bertz CT molecular complexity index is 335. The Balaban J connectivity index is 2.48. The van der Waals surface area contributed by atoms with Crippen molar-refractivity contribution in [1.29, 1.82) is 0 Å². The van der Waals surface area contributed by atoms with Crippen LogP contribution in [0.1, 0.15) is 11.1 Å². The molecule has 0 fully saturated rings. The van der Waals surface area contributed by atoms with Crippen molar-refractivity contribution in [3.63, 3.8) is 0 Å². The maximum absolute atomic E-state index is 12.2. The number of alkyl halides is 3. The van der Waals surface area contributed by atoms with Crippen LogP contribution in [0, 0.1) is 0 Å². The van der Waals surface area contributed by atoms with Gasteiger partial charge in [0.1, 0.15) is 0 Å². The summed E-state index contributed by atoms with van der Waals surface area (Å²) in [7, 11) is 0. The van der Waals surface area contributed by atoms with E-state index in [1.807, 2.05) is 0 Å². The van der Waals surface area contributed by atoms with E-state index in [0.717, 1.165) is 17.7 Å². The normalized spacial score (nSPS) is 11.2. The quantitative estimate of drug-likeness (QED) is 0.479. The molecule has 0 aliphatic heterocycles. The number of hydrogen-bond donors (Lipinski definition) is 1. The van der Waals surface area contributed by atoms with Crippen molar-refractivity contribution in [2.75, 3.05) is 6.54 Å². The molecule has 1 aromatic rings. The minimum Gasteiger partial charge on any atom is -0.374 e. The average molecular weight is 233 g/mol. The van der Waals surface area contributed by atoms with Crippen molar-refractivity contribution in [3.8, 4) is 0 Å². The average Bonchev–Trinajstić information content (AvgIpc) is 2.24. The van der Waals surface area contributed by atoms with Gasteiger partial charge in [0, 0.05) is 6.54 Å². The summed E-state index contributed by atoms with van der Waals surface area (Å²) in [4.78, 5) is 14.0. The summed E-state index contributed by atoms with van der Waals surface area (Å²) in [6, 6.07) is 4.84. The highest BCUT2D eigenvalue weighted by molar-refractivity contribution is 5.36. The predicted octanol–water partition coefficient (Wildman–Crippen LogP) is 1.93. The molecule has 0 spiro atoms. The molecule has 1 aromatic carbocycles. The molecule has 0 heterocycles. The van der Waals surface area contributed by atoms with E-state index < -0.39 is 11.7 Å². The van der Waals surface area contributed by atoms with Crippen molar-refractivity contribution >= 4 is 6.47 Å². The molecule has 6 heteroatoms. The molecular formula is C10H10F3NO2. The number of hydrogen-bond acceptors (Lipinski definition) is 3. The van der Waals surface area contributed by atoms with E-state index in [1.54, 1.807) is 0 Å². The fraction of sp³-hybridized carbons (Fsp3) is 0.300. The van der Waals surface area contributed by atoms with Crippen molar-refractivity contribution in [3.05, 3.63) is 35.4 Å². The van der Waals surface area contributed by atoms with Crippen LogP contribution in [0.15, 0.2) is 24.3 Å².